The van der Waals surface area contributed by atoms with Crippen molar-refractivity contribution >= 4 is 0 Å². The van der Waals surface area contributed by atoms with Gasteiger partial charge in [-0.15, -0.1) is 0 Å². The van der Waals surface area contributed by atoms with Crippen LogP contribution in [0.3, 0.4) is 0 Å². The zero-order valence-electron chi connectivity index (χ0n) is 12.2. The molecule has 0 spiro atoms. The summed E-state index contributed by atoms with van der Waals surface area (Å²) in [5.41, 5.74) is 5.98. The van der Waals surface area contributed by atoms with Gasteiger partial charge in [0.1, 0.15) is 5.82 Å². The lowest BCUT2D eigenvalue weighted by Gasteiger charge is -2.24. The van der Waals surface area contributed by atoms with Crippen LogP contribution in [0.5, 0.6) is 0 Å². The lowest BCUT2D eigenvalue weighted by atomic mass is 9.92. The molecule has 0 bridgehead atoms. The highest BCUT2D eigenvalue weighted by molar-refractivity contribution is 5.64. The van der Waals surface area contributed by atoms with Gasteiger partial charge in [0.25, 0.3) is 0 Å². The second kappa shape index (κ2) is 5.57. The smallest absolute Gasteiger partial charge is 0.123 e. The molecule has 0 aliphatic carbocycles. The second-order valence-corrected chi connectivity index (χ2v) is 5.43. The molecule has 2 heteroatoms. The SMILES string of the molecule is CC1=C(C)C(c2cccc(-c3ccc(F)cc3)c2)NC=C1. The first-order valence-corrected chi connectivity index (χ1v) is 7.11. The average Bonchev–Trinajstić information content (AvgIpc) is 2.51. The third kappa shape index (κ3) is 2.75. The van der Waals surface area contributed by atoms with Crippen LogP contribution >= 0.6 is 0 Å². The van der Waals surface area contributed by atoms with Gasteiger partial charge in [-0.3, -0.25) is 0 Å². The average molecular weight is 279 g/mol. The van der Waals surface area contributed by atoms with Crippen molar-refractivity contribution in [2.24, 2.45) is 0 Å². The van der Waals surface area contributed by atoms with Gasteiger partial charge in [-0.05, 0) is 72.2 Å². The van der Waals surface area contributed by atoms with Gasteiger partial charge < -0.3 is 5.32 Å². The Morgan fingerprint density at radius 1 is 0.952 bits per heavy atom. The zero-order valence-corrected chi connectivity index (χ0v) is 12.2. The van der Waals surface area contributed by atoms with E-state index in [1.807, 2.05) is 18.3 Å². The number of hydrogen-bond donors (Lipinski definition) is 1. The van der Waals surface area contributed by atoms with Crippen molar-refractivity contribution < 1.29 is 4.39 Å². The van der Waals surface area contributed by atoms with Crippen molar-refractivity contribution in [1.29, 1.82) is 0 Å². The quantitative estimate of drug-likeness (QED) is 0.817. The molecular weight excluding hydrogens is 261 g/mol. The number of allylic oxidation sites excluding steroid dienone is 2. The van der Waals surface area contributed by atoms with Gasteiger partial charge in [0, 0.05) is 0 Å². The molecule has 3 rings (SSSR count). The number of hydrogen-bond acceptors (Lipinski definition) is 1. The Bertz CT molecular complexity index is 711. The number of rotatable bonds is 2. The standard InChI is InChI=1S/C19H18FN/c1-13-10-11-21-19(14(13)2)17-5-3-4-16(12-17)15-6-8-18(20)9-7-15/h3-12,19,21H,1-2H3. The van der Waals surface area contributed by atoms with E-state index in [-0.39, 0.29) is 11.9 Å². The zero-order chi connectivity index (χ0) is 14.8. The van der Waals surface area contributed by atoms with E-state index in [2.05, 4.69) is 49.5 Å². The fraction of sp³-hybridized carbons (Fsp3) is 0.158. The summed E-state index contributed by atoms with van der Waals surface area (Å²) in [5.74, 6) is -0.205. The van der Waals surface area contributed by atoms with E-state index < -0.39 is 0 Å². The third-order valence-corrected chi connectivity index (χ3v) is 4.05. The van der Waals surface area contributed by atoms with Crippen molar-refractivity contribution in [3.63, 3.8) is 0 Å². The topological polar surface area (TPSA) is 12.0 Å². The molecule has 2 aromatic carbocycles. The Balaban J connectivity index is 1.97. The van der Waals surface area contributed by atoms with E-state index in [4.69, 9.17) is 0 Å². The summed E-state index contributed by atoms with van der Waals surface area (Å²) in [6.07, 6.45) is 4.09. The Labute approximate surface area is 124 Å². The first kappa shape index (κ1) is 13.6. The first-order chi connectivity index (χ1) is 10.1. The molecule has 0 saturated carbocycles. The number of benzene rings is 2. The van der Waals surface area contributed by atoms with Gasteiger partial charge in [-0.1, -0.05) is 30.3 Å². The molecule has 1 aliphatic heterocycles. The third-order valence-electron chi connectivity index (χ3n) is 4.05. The Morgan fingerprint density at radius 2 is 1.71 bits per heavy atom. The summed E-state index contributed by atoms with van der Waals surface area (Å²) in [6, 6.07) is 15.2. The molecule has 0 aromatic heterocycles. The molecule has 1 unspecified atom stereocenters. The van der Waals surface area contributed by atoms with Crippen molar-refractivity contribution in [3.8, 4) is 11.1 Å². The normalized spacial score (nSPS) is 17.8. The Kier molecular flexibility index (Phi) is 3.61. The Morgan fingerprint density at radius 3 is 2.48 bits per heavy atom. The summed E-state index contributed by atoms with van der Waals surface area (Å²) >= 11 is 0. The van der Waals surface area contributed by atoms with Crippen LogP contribution in [0, 0.1) is 5.82 Å². The van der Waals surface area contributed by atoms with Crippen LogP contribution in [-0.2, 0) is 0 Å². The number of nitrogens with one attached hydrogen (secondary N) is 1. The summed E-state index contributed by atoms with van der Waals surface area (Å²) < 4.78 is 13.0. The van der Waals surface area contributed by atoms with E-state index in [0.717, 1.165) is 11.1 Å². The van der Waals surface area contributed by atoms with Crippen LogP contribution in [0.1, 0.15) is 25.5 Å². The van der Waals surface area contributed by atoms with Crippen LogP contribution < -0.4 is 5.32 Å². The monoisotopic (exact) mass is 279 g/mol. The van der Waals surface area contributed by atoms with Crippen molar-refractivity contribution in [1.82, 2.24) is 5.32 Å². The predicted octanol–water partition coefficient (Wildman–Crippen LogP) is 4.99. The molecule has 0 saturated heterocycles. The van der Waals surface area contributed by atoms with Gasteiger partial charge in [-0.25, -0.2) is 4.39 Å². The highest BCUT2D eigenvalue weighted by atomic mass is 19.1. The van der Waals surface area contributed by atoms with E-state index in [1.165, 1.54) is 28.8 Å². The fourth-order valence-corrected chi connectivity index (χ4v) is 2.64. The van der Waals surface area contributed by atoms with Crippen molar-refractivity contribution in [2.45, 2.75) is 19.9 Å². The summed E-state index contributed by atoms with van der Waals surface area (Å²) in [6.45, 7) is 4.28. The fourth-order valence-electron chi connectivity index (χ4n) is 2.64. The maximum absolute atomic E-state index is 13.0. The maximum Gasteiger partial charge on any atom is 0.123 e. The van der Waals surface area contributed by atoms with E-state index in [1.54, 1.807) is 0 Å². The molecule has 1 N–H and O–H groups in total. The largest absolute Gasteiger partial charge is 0.380 e. The number of dihydropyridines is 1. The second-order valence-electron chi connectivity index (χ2n) is 5.43. The highest BCUT2D eigenvalue weighted by Gasteiger charge is 2.16. The molecule has 0 radical (unpaired) electrons. The molecule has 2 aromatic rings. The van der Waals surface area contributed by atoms with Crippen LogP contribution in [0.25, 0.3) is 11.1 Å². The van der Waals surface area contributed by atoms with E-state index in [0.29, 0.717) is 0 Å². The lowest BCUT2D eigenvalue weighted by molar-refractivity contribution is 0.628. The molecule has 106 valence electrons. The van der Waals surface area contributed by atoms with Gasteiger partial charge in [0.15, 0.2) is 0 Å². The van der Waals surface area contributed by atoms with Gasteiger partial charge >= 0.3 is 0 Å². The molecule has 21 heavy (non-hydrogen) atoms. The van der Waals surface area contributed by atoms with E-state index >= 15 is 0 Å². The summed E-state index contributed by atoms with van der Waals surface area (Å²) in [5, 5.41) is 3.40. The molecular formula is C19H18FN. The minimum absolute atomic E-state index is 0.204. The highest BCUT2D eigenvalue weighted by Crippen LogP contribution is 2.30. The Hall–Kier alpha value is -2.35. The van der Waals surface area contributed by atoms with Crippen LogP contribution in [0.15, 0.2) is 72.0 Å². The van der Waals surface area contributed by atoms with E-state index in [9.17, 15) is 4.39 Å². The van der Waals surface area contributed by atoms with Crippen LogP contribution in [-0.4, -0.2) is 0 Å². The first-order valence-electron chi connectivity index (χ1n) is 7.11. The predicted molar refractivity (Wildman–Crippen MR) is 85.2 cm³/mol. The van der Waals surface area contributed by atoms with Gasteiger partial charge in [-0.2, -0.15) is 0 Å². The number of halogens is 1. The van der Waals surface area contributed by atoms with Gasteiger partial charge in [0.05, 0.1) is 6.04 Å². The van der Waals surface area contributed by atoms with Crippen molar-refractivity contribution in [3.05, 3.63) is 83.3 Å². The molecule has 1 nitrogen and oxygen atoms in total. The summed E-state index contributed by atoms with van der Waals surface area (Å²) in [4.78, 5) is 0. The minimum Gasteiger partial charge on any atom is -0.380 e. The maximum atomic E-state index is 13.0. The van der Waals surface area contributed by atoms with Crippen molar-refractivity contribution in [2.75, 3.05) is 0 Å². The molecule has 1 atom stereocenters. The van der Waals surface area contributed by atoms with Crippen LogP contribution in [0.2, 0.25) is 0 Å². The molecule has 0 amide bonds. The lowest BCUT2D eigenvalue weighted by Crippen LogP contribution is -2.20. The summed E-state index contributed by atoms with van der Waals surface area (Å²) in [7, 11) is 0. The van der Waals surface area contributed by atoms with Crippen LogP contribution in [0.4, 0.5) is 4.39 Å². The molecule has 1 aliphatic rings. The molecule has 0 fully saturated rings. The van der Waals surface area contributed by atoms with Gasteiger partial charge in [0.2, 0.25) is 0 Å². The minimum atomic E-state index is -0.205. The molecule has 1 heterocycles.